The third kappa shape index (κ3) is 6.72. The molecule has 0 spiro atoms. The Morgan fingerprint density at radius 1 is 0.268 bits per heavy atom. The van der Waals surface area contributed by atoms with Gasteiger partial charge in [-0.05, 0) is 58.3 Å². The summed E-state index contributed by atoms with van der Waals surface area (Å²) in [6.07, 6.45) is -1.24. The fourth-order valence-corrected chi connectivity index (χ4v) is 7.53. The molecule has 0 aromatic carbocycles. The zero-order valence-electron chi connectivity index (χ0n) is 28.4. The SMILES string of the molecule is CC1C(C)[C@H](C)C(C)O[C@H]1OC1C(C)[C@H](OC2C(O[C@@H]3O[C@H](C)[C@@H](C)C(C)C3C)[C@H](C)OC(C)[C@H]2C)OC(C)[C@H]1C. The zero-order chi connectivity index (χ0) is 30.5. The lowest BCUT2D eigenvalue weighted by atomic mass is 9.79. The minimum absolute atomic E-state index is 0.0110. The molecule has 11 unspecified atom stereocenters. The van der Waals surface area contributed by atoms with Crippen LogP contribution in [0.1, 0.15) is 96.9 Å². The molecule has 7 heteroatoms. The Morgan fingerprint density at radius 2 is 0.610 bits per heavy atom. The van der Waals surface area contributed by atoms with Gasteiger partial charge in [-0.25, -0.2) is 0 Å². The fourth-order valence-electron chi connectivity index (χ4n) is 7.53. The highest BCUT2D eigenvalue weighted by Crippen LogP contribution is 2.42. The first-order chi connectivity index (χ1) is 19.1. The summed E-state index contributed by atoms with van der Waals surface area (Å²) < 4.78 is 46.4. The Labute approximate surface area is 251 Å². The Balaban J connectivity index is 1.52. The maximum Gasteiger partial charge on any atom is 0.163 e. The van der Waals surface area contributed by atoms with Crippen LogP contribution in [0.4, 0.5) is 0 Å². The summed E-state index contributed by atoms with van der Waals surface area (Å²) in [6, 6.07) is 0. The molecule has 7 nitrogen and oxygen atoms in total. The lowest BCUT2D eigenvalue weighted by Gasteiger charge is -2.51. The average Bonchev–Trinajstić information content (AvgIpc) is 2.92. The van der Waals surface area contributed by atoms with Gasteiger partial charge in [-0.1, -0.05) is 62.3 Å². The van der Waals surface area contributed by atoms with Crippen LogP contribution in [0.3, 0.4) is 0 Å². The van der Waals surface area contributed by atoms with Gasteiger partial charge in [0, 0.05) is 29.6 Å². The van der Waals surface area contributed by atoms with Crippen LogP contribution in [0.15, 0.2) is 0 Å². The predicted octanol–water partition coefficient (Wildman–Crippen LogP) is 6.91. The van der Waals surface area contributed by atoms with E-state index < -0.39 is 6.29 Å². The molecule has 0 amide bonds. The van der Waals surface area contributed by atoms with Gasteiger partial charge in [-0.2, -0.15) is 0 Å². The molecule has 4 saturated heterocycles. The Kier molecular flexibility index (Phi) is 11.0. The molecule has 4 aliphatic rings. The fraction of sp³-hybridized carbons (Fsp3) is 1.00. The van der Waals surface area contributed by atoms with Gasteiger partial charge in [0.2, 0.25) is 0 Å². The quantitative estimate of drug-likeness (QED) is 0.337. The van der Waals surface area contributed by atoms with Crippen molar-refractivity contribution in [1.82, 2.24) is 0 Å². The first-order valence-corrected chi connectivity index (χ1v) is 16.7. The zero-order valence-corrected chi connectivity index (χ0v) is 28.4. The molecule has 0 radical (unpaired) electrons. The van der Waals surface area contributed by atoms with Crippen molar-refractivity contribution in [2.45, 2.75) is 165 Å². The highest BCUT2D eigenvalue weighted by molar-refractivity contribution is 4.93. The molecule has 0 N–H and O–H groups in total. The van der Waals surface area contributed by atoms with Gasteiger partial charge in [-0.15, -0.1) is 0 Å². The third-order valence-electron chi connectivity index (χ3n) is 12.3. The van der Waals surface area contributed by atoms with Crippen LogP contribution in [-0.2, 0) is 33.2 Å². The lowest BCUT2D eigenvalue weighted by molar-refractivity contribution is -0.353. The van der Waals surface area contributed by atoms with Crippen molar-refractivity contribution >= 4 is 0 Å². The van der Waals surface area contributed by atoms with Gasteiger partial charge in [-0.3, -0.25) is 0 Å². The van der Waals surface area contributed by atoms with E-state index >= 15 is 0 Å². The van der Waals surface area contributed by atoms with Gasteiger partial charge in [0.25, 0.3) is 0 Å². The molecule has 0 bridgehead atoms. The molecular weight excluding hydrogens is 520 g/mol. The van der Waals surface area contributed by atoms with Crippen molar-refractivity contribution in [1.29, 1.82) is 0 Å². The minimum Gasteiger partial charge on any atom is -0.372 e. The van der Waals surface area contributed by atoms with Crippen LogP contribution >= 0.6 is 0 Å². The summed E-state index contributed by atoms with van der Waals surface area (Å²) in [5.74, 6) is 2.97. The number of hydrogen-bond donors (Lipinski definition) is 0. The van der Waals surface area contributed by atoms with Crippen LogP contribution in [0.2, 0.25) is 0 Å². The van der Waals surface area contributed by atoms with E-state index in [-0.39, 0.29) is 85.1 Å². The Morgan fingerprint density at radius 3 is 1.10 bits per heavy atom. The van der Waals surface area contributed by atoms with E-state index in [9.17, 15) is 0 Å². The Bertz CT molecular complexity index is 840. The van der Waals surface area contributed by atoms with Gasteiger partial charge >= 0.3 is 0 Å². The Hall–Kier alpha value is -0.280. The lowest BCUT2D eigenvalue weighted by Crippen LogP contribution is -2.60. The van der Waals surface area contributed by atoms with Crippen molar-refractivity contribution in [2.24, 2.45) is 53.3 Å². The molecule has 0 saturated carbocycles. The summed E-state index contributed by atoms with van der Waals surface area (Å²) >= 11 is 0. The first-order valence-electron chi connectivity index (χ1n) is 16.7. The van der Waals surface area contributed by atoms with Crippen molar-refractivity contribution in [2.75, 3.05) is 0 Å². The number of hydrogen-bond acceptors (Lipinski definition) is 7. The monoisotopic (exact) mass is 582 g/mol. The van der Waals surface area contributed by atoms with Crippen LogP contribution < -0.4 is 0 Å². The molecular formula is C34H62O7. The van der Waals surface area contributed by atoms with E-state index in [1.165, 1.54) is 0 Å². The standard InChI is InChI=1S/C34H62O7/c1-15-17(3)24(10)36-32(19(15)5)39-29-21(7)27(13)38-34(23(29)9)40-30-22(8)26(12)35-28(14)31(30)41-33-20(6)16(2)18(4)25(11)37-33/h15-34H,1-14H3/t15?,16?,17-,18-,19?,20?,21+,22+,23?,24?,25+,26?,27?,28-,29?,30?,31?,32-,33-,34-/m0/s1. The summed E-state index contributed by atoms with van der Waals surface area (Å²) in [6.45, 7) is 31.0. The first kappa shape index (κ1) is 33.6. The van der Waals surface area contributed by atoms with Crippen LogP contribution in [0.25, 0.3) is 0 Å². The number of ether oxygens (including phenoxy) is 7. The normalized spacial score (nSPS) is 56.9. The van der Waals surface area contributed by atoms with E-state index in [4.69, 9.17) is 33.2 Å². The van der Waals surface area contributed by atoms with Crippen molar-refractivity contribution in [3.63, 3.8) is 0 Å². The molecule has 4 aliphatic heterocycles. The molecule has 4 fully saturated rings. The van der Waals surface area contributed by atoms with E-state index in [1.54, 1.807) is 0 Å². The van der Waals surface area contributed by atoms with E-state index in [2.05, 4.69) is 96.9 Å². The molecule has 4 rings (SSSR count). The second-order valence-corrected chi connectivity index (χ2v) is 14.7. The van der Waals surface area contributed by atoms with E-state index in [0.717, 1.165) is 0 Å². The van der Waals surface area contributed by atoms with Gasteiger partial charge in [0.1, 0.15) is 6.10 Å². The highest BCUT2D eigenvalue weighted by atomic mass is 16.7. The molecule has 0 aliphatic carbocycles. The van der Waals surface area contributed by atoms with Crippen molar-refractivity contribution in [3.8, 4) is 0 Å². The van der Waals surface area contributed by atoms with Crippen molar-refractivity contribution < 1.29 is 33.2 Å². The summed E-state index contributed by atoms with van der Waals surface area (Å²) in [7, 11) is 0. The second kappa shape index (κ2) is 13.4. The molecule has 4 heterocycles. The van der Waals surface area contributed by atoms with Crippen LogP contribution in [0, 0.1) is 53.3 Å². The summed E-state index contributed by atoms with van der Waals surface area (Å²) in [5.41, 5.74) is 0. The molecule has 240 valence electrons. The maximum absolute atomic E-state index is 6.98. The molecule has 0 aromatic rings. The molecule has 0 aromatic heterocycles. The second-order valence-electron chi connectivity index (χ2n) is 14.7. The van der Waals surface area contributed by atoms with Gasteiger partial charge in [0.05, 0.1) is 42.7 Å². The van der Waals surface area contributed by atoms with E-state index in [1.807, 2.05) is 0 Å². The van der Waals surface area contributed by atoms with Crippen LogP contribution in [0.5, 0.6) is 0 Å². The summed E-state index contributed by atoms with van der Waals surface area (Å²) in [4.78, 5) is 0. The number of rotatable bonds is 6. The van der Waals surface area contributed by atoms with Crippen LogP contribution in [-0.4, -0.2) is 67.7 Å². The topological polar surface area (TPSA) is 64.6 Å². The summed E-state index contributed by atoms with van der Waals surface area (Å²) in [5, 5.41) is 0. The van der Waals surface area contributed by atoms with Gasteiger partial charge in [0.15, 0.2) is 18.9 Å². The maximum atomic E-state index is 6.98. The van der Waals surface area contributed by atoms with Crippen molar-refractivity contribution in [3.05, 3.63) is 0 Å². The smallest absolute Gasteiger partial charge is 0.163 e. The highest BCUT2D eigenvalue weighted by Gasteiger charge is 2.50. The largest absolute Gasteiger partial charge is 0.372 e. The predicted molar refractivity (Wildman–Crippen MR) is 160 cm³/mol. The molecule has 41 heavy (non-hydrogen) atoms. The van der Waals surface area contributed by atoms with E-state index in [0.29, 0.717) is 29.6 Å². The minimum atomic E-state index is -0.419. The molecule has 20 atom stereocenters. The van der Waals surface area contributed by atoms with Gasteiger partial charge < -0.3 is 33.2 Å². The third-order valence-corrected chi connectivity index (χ3v) is 12.3. The average molecular weight is 583 g/mol.